The number of rotatable bonds is 9. The molecule has 6 heteroatoms. The third-order valence-electron chi connectivity index (χ3n) is 2.38. The van der Waals surface area contributed by atoms with Gasteiger partial charge < -0.3 is 22.5 Å². The summed E-state index contributed by atoms with van der Waals surface area (Å²) in [7, 11) is 0. The van der Waals surface area contributed by atoms with E-state index in [2.05, 4.69) is 17.2 Å². The Balaban J connectivity index is 3.57. The van der Waals surface area contributed by atoms with Crippen molar-refractivity contribution in [2.45, 2.75) is 45.1 Å². The molecule has 0 rings (SSSR count). The van der Waals surface area contributed by atoms with Crippen LogP contribution in [0.15, 0.2) is 4.99 Å². The highest BCUT2D eigenvalue weighted by molar-refractivity contribution is 5.81. The van der Waals surface area contributed by atoms with Crippen LogP contribution in [0.25, 0.3) is 0 Å². The zero-order valence-corrected chi connectivity index (χ0v) is 10.6. The zero-order valence-electron chi connectivity index (χ0n) is 10.6. The summed E-state index contributed by atoms with van der Waals surface area (Å²) >= 11 is 0. The van der Waals surface area contributed by atoms with Gasteiger partial charge in [0.05, 0.1) is 6.04 Å². The van der Waals surface area contributed by atoms with E-state index in [9.17, 15) is 4.79 Å². The second-order valence-corrected chi connectivity index (χ2v) is 4.05. The molecule has 0 bridgehead atoms. The van der Waals surface area contributed by atoms with Crippen molar-refractivity contribution in [3.63, 3.8) is 0 Å². The molecule has 0 unspecified atom stereocenters. The van der Waals surface area contributed by atoms with E-state index in [-0.39, 0.29) is 11.9 Å². The number of aliphatic imine (C=N–C) groups is 1. The summed E-state index contributed by atoms with van der Waals surface area (Å²) in [5.74, 6) is -0.0200. The lowest BCUT2D eigenvalue weighted by molar-refractivity contribution is -0.122. The molecule has 0 aromatic carbocycles. The third kappa shape index (κ3) is 9.62. The number of hydrogen-bond donors (Lipinski definition) is 4. The van der Waals surface area contributed by atoms with Gasteiger partial charge in [0.1, 0.15) is 0 Å². The predicted octanol–water partition coefficient (Wildman–Crippen LogP) is -0.326. The molecule has 0 radical (unpaired) electrons. The summed E-state index contributed by atoms with van der Waals surface area (Å²) in [4.78, 5) is 15.3. The molecule has 0 fully saturated rings. The second kappa shape index (κ2) is 9.89. The minimum Gasteiger partial charge on any atom is -0.370 e. The molecule has 17 heavy (non-hydrogen) atoms. The quantitative estimate of drug-likeness (QED) is 0.252. The van der Waals surface area contributed by atoms with Crippen LogP contribution in [0.1, 0.15) is 39.0 Å². The van der Waals surface area contributed by atoms with E-state index in [4.69, 9.17) is 17.2 Å². The Morgan fingerprint density at radius 1 is 1.29 bits per heavy atom. The summed E-state index contributed by atoms with van der Waals surface area (Å²) in [6, 6.07) is -0.467. The fraction of sp³-hybridized carbons (Fsp3) is 0.818. The normalized spacial score (nSPS) is 11.9. The van der Waals surface area contributed by atoms with Gasteiger partial charge in [-0.25, -0.2) is 0 Å². The fourth-order valence-corrected chi connectivity index (χ4v) is 1.37. The van der Waals surface area contributed by atoms with Gasteiger partial charge in [-0.3, -0.25) is 9.79 Å². The lowest BCUT2D eigenvalue weighted by Gasteiger charge is -2.11. The molecule has 100 valence electrons. The summed E-state index contributed by atoms with van der Waals surface area (Å²) in [6.07, 6.45) is 4.57. The summed E-state index contributed by atoms with van der Waals surface area (Å²) < 4.78 is 0. The highest BCUT2D eigenvalue weighted by Gasteiger charge is 2.11. The predicted molar refractivity (Wildman–Crippen MR) is 70.4 cm³/mol. The molecule has 0 spiro atoms. The third-order valence-corrected chi connectivity index (χ3v) is 2.38. The van der Waals surface area contributed by atoms with Crippen LogP contribution in [-0.2, 0) is 4.79 Å². The number of nitrogens with zero attached hydrogens (tertiary/aromatic N) is 1. The monoisotopic (exact) mass is 243 g/mol. The Kier molecular flexibility index (Phi) is 9.14. The number of guanidine groups is 1. The van der Waals surface area contributed by atoms with Crippen molar-refractivity contribution in [3.8, 4) is 0 Å². The minimum atomic E-state index is -0.467. The SMILES string of the molecule is CCCCCNC(=O)[C@H](N)CCCN=C(N)N. The van der Waals surface area contributed by atoms with E-state index >= 15 is 0 Å². The van der Waals surface area contributed by atoms with Gasteiger partial charge in [0, 0.05) is 13.1 Å². The molecule has 0 aromatic rings. The van der Waals surface area contributed by atoms with E-state index in [0.717, 1.165) is 19.3 Å². The van der Waals surface area contributed by atoms with Gasteiger partial charge in [-0.15, -0.1) is 0 Å². The first kappa shape index (κ1) is 15.7. The van der Waals surface area contributed by atoms with E-state index in [1.165, 1.54) is 0 Å². The molecule has 1 atom stereocenters. The maximum atomic E-state index is 11.5. The number of carbonyl (C=O) groups excluding carboxylic acids is 1. The van der Waals surface area contributed by atoms with Crippen molar-refractivity contribution in [1.29, 1.82) is 0 Å². The number of carbonyl (C=O) groups is 1. The van der Waals surface area contributed by atoms with Gasteiger partial charge >= 0.3 is 0 Å². The second-order valence-electron chi connectivity index (χ2n) is 4.05. The maximum absolute atomic E-state index is 11.5. The number of unbranched alkanes of at least 4 members (excludes halogenated alkanes) is 2. The van der Waals surface area contributed by atoms with Crippen molar-refractivity contribution >= 4 is 11.9 Å². The number of hydrogen-bond acceptors (Lipinski definition) is 3. The Morgan fingerprint density at radius 2 is 2.00 bits per heavy atom. The van der Waals surface area contributed by atoms with E-state index < -0.39 is 6.04 Å². The van der Waals surface area contributed by atoms with Gasteiger partial charge in [0.2, 0.25) is 5.91 Å². The molecule has 0 aliphatic heterocycles. The Hall–Kier alpha value is -1.30. The zero-order chi connectivity index (χ0) is 13.1. The number of amides is 1. The molecule has 0 aromatic heterocycles. The van der Waals surface area contributed by atoms with Crippen molar-refractivity contribution < 1.29 is 4.79 Å². The van der Waals surface area contributed by atoms with Gasteiger partial charge in [-0.05, 0) is 19.3 Å². The van der Waals surface area contributed by atoms with Crippen molar-refractivity contribution in [2.75, 3.05) is 13.1 Å². The standard InChI is InChI=1S/C11H25N5O/c1-2-3-4-7-15-10(17)9(12)6-5-8-16-11(13)14/h9H,2-8,12H2,1H3,(H,15,17)(H4,13,14,16)/t9-/m1/s1. The van der Waals surface area contributed by atoms with Crippen LogP contribution in [-0.4, -0.2) is 31.0 Å². The largest absolute Gasteiger partial charge is 0.370 e. The van der Waals surface area contributed by atoms with Crippen molar-refractivity contribution in [1.82, 2.24) is 5.32 Å². The van der Waals surface area contributed by atoms with Crippen LogP contribution < -0.4 is 22.5 Å². The van der Waals surface area contributed by atoms with Crippen LogP contribution in [0.2, 0.25) is 0 Å². The molecule has 0 heterocycles. The molecule has 6 nitrogen and oxygen atoms in total. The highest BCUT2D eigenvalue weighted by Crippen LogP contribution is 1.96. The number of nitrogens with two attached hydrogens (primary N) is 3. The van der Waals surface area contributed by atoms with Crippen LogP contribution in [0.4, 0.5) is 0 Å². The highest BCUT2D eigenvalue weighted by atomic mass is 16.2. The first-order valence-electron chi connectivity index (χ1n) is 6.16. The Morgan fingerprint density at radius 3 is 2.59 bits per heavy atom. The fourth-order valence-electron chi connectivity index (χ4n) is 1.37. The van der Waals surface area contributed by atoms with Gasteiger partial charge in [-0.2, -0.15) is 0 Å². The molecule has 0 aliphatic rings. The molecule has 0 aliphatic carbocycles. The van der Waals surface area contributed by atoms with Crippen LogP contribution in [0.3, 0.4) is 0 Å². The Bertz CT molecular complexity index is 238. The first-order valence-corrected chi connectivity index (χ1v) is 6.16. The minimum absolute atomic E-state index is 0.0718. The lowest BCUT2D eigenvalue weighted by Crippen LogP contribution is -2.41. The van der Waals surface area contributed by atoms with Crippen LogP contribution in [0, 0.1) is 0 Å². The smallest absolute Gasteiger partial charge is 0.236 e. The average Bonchev–Trinajstić information content (AvgIpc) is 2.29. The number of nitrogens with one attached hydrogen (secondary N) is 1. The van der Waals surface area contributed by atoms with Crippen molar-refractivity contribution in [2.24, 2.45) is 22.2 Å². The maximum Gasteiger partial charge on any atom is 0.236 e. The summed E-state index contributed by atoms with van der Waals surface area (Å²) in [6.45, 7) is 3.34. The molecule has 0 saturated carbocycles. The molecule has 0 saturated heterocycles. The van der Waals surface area contributed by atoms with Crippen LogP contribution in [0.5, 0.6) is 0 Å². The van der Waals surface area contributed by atoms with E-state index in [1.807, 2.05) is 0 Å². The lowest BCUT2D eigenvalue weighted by atomic mass is 10.1. The summed E-state index contributed by atoms with van der Waals surface area (Å²) in [5, 5.41) is 2.82. The van der Waals surface area contributed by atoms with E-state index in [1.54, 1.807) is 0 Å². The molecular weight excluding hydrogens is 218 g/mol. The molecular formula is C11H25N5O. The Labute approximate surface area is 103 Å². The first-order chi connectivity index (χ1) is 8.07. The topological polar surface area (TPSA) is 120 Å². The summed E-state index contributed by atoms with van der Waals surface area (Å²) in [5.41, 5.74) is 16.1. The van der Waals surface area contributed by atoms with Crippen molar-refractivity contribution in [3.05, 3.63) is 0 Å². The van der Waals surface area contributed by atoms with Gasteiger partial charge in [0.15, 0.2) is 5.96 Å². The molecule has 1 amide bonds. The van der Waals surface area contributed by atoms with Gasteiger partial charge in [-0.1, -0.05) is 19.8 Å². The van der Waals surface area contributed by atoms with E-state index in [0.29, 0.717) is 25.9 Å². The van der Waals surface area contributed by atoms with Gasteiger partial charge in [0.25, 0.3) is 0 Å². The molecule has 7 N–H and O–H groups in total. The van der Waals surface area contributed by atoms with Crippen LogP contribution >= 0.6 is 0 Å². The average molecular weight is 243 g/mol.